The average Bonchev–Trinajstić information content (AvgIpc) is 3.12. The fourth-order valence-corrected chi connectivity index (χ4v) is 2.70. The van der Waals surface area contributed by atoms with Crippen molar-refractivity contribution in [1.82, 2.24) is 4.98 Å². The number of ketones is 1. The summed E-state index contributed by atoms with van der Waals surface area (Å²) < 4.78 is 1.52. The van der Waals surface area contributed by atoms with Gasteiger partial charge in [0.2, 0.25) is 0 Å². The van der Waals surface area contributed by atoms with Crippen LogP contribution >= 0.6 is 35.8 Å². The Morgan fingerprint density at radius 1 is 1.47 bits per heavy atom. The molecule has 90 valence electrons. The third-order valence-electron chi connectivity index (χ3n) is 2.59. The van der Waals surface area contributed by atoms with Gasteiger partial charge in [-0.1, -0.05) is 11.6 Å². The summed E-state index contributed by atoms with van der Waals surface area (Å²) in [6.45, 7) is 0. The van der Waals surface area contributed by atoms with Crippen molar-refractivity contribution in [3.8, 4) is 0 Å². The van der Waals surface area contributed by atoms with Crippen LogP contribution in [0.3, 0.4) is 0 Å². The molecule has 0 saturated heterocycles. The Balaban J connectivity index is 0.000000514. The highest BCUT2D eigenvalue weighted by atomic mass is 35.5. The van der Waals surface area contributed by atoms with Crippen molar-refractivity contribution in [2.24, 2.45) is 11.1 Å². The topological polar surface area (TPSA) is 56.0 Å². The van der Waals surface area contributed by atoms with Gasteiger partial charge in [0.25, 0.3) is 0 Å². The van der Waals surface area contributed by atoms with E-state index in [9.17, 15) is 4.79 Å². The van der Waals surface area contributed by atoms with E-state index in [2.05, 4.69) is 22.9 Å². The molecular formula is C11H11ClN2OS2. The Kier molecular flexibility index (Phi) is 4.04. The molecule has 0 amide bonds. The lowest BCUT2D eigenvalue weighted by Crippen LogP contribution is -2.00. The lowest BCUT2D eigenvalue weighted by molar-refractivity contribution is 0.0968. The van der Waals surface area contributed by atoms with Gasteiger partial charge in [0.05, 0.1) is 10.2 Å². The number of aromatic nitrogens is 1. The summed E-state index contributed by atoms with van der Waals surface area (Å²) in [5.74, 6) is 0.535. The van der Waals surface area contributed by atoms with Gasteiger partial charge in [-0.2, -0.15) is 0 Å². The van der Waals surface area contributed by atoms with E-state index in [1.54, 1.807) is 0 Å². The number of carbonyl (C=O) groups excluding carboxylic acids is 1. The van der Waals surface area contributed by atoms with Crippen LogP contribution in [0.1, 0.15) is 23.2 Å². The minimum Gasteiger partial charge on any atom is -0.294 e. The second-order valence-electron chi connectivity index (χ2n) is 3.79. The van der Waals surface area contributed by atoms with E-state index >= 15 is 0 Å². The maximum Gasteiger partial charge on any atom is 0.184 e. The maximum absolute atomic E-state index is 11.8. The molecule has 2 N–H and O–H groups in total. The molecule has 0 unspecified atom stereocenters. The van der Waals surface area contributed by atoms with Crippen LogP contribution in [0.4, 0.5) is 0 Å². The highest BCUT2D eigenvalue weighted by Gasteiger charge is 2.30. The van der Waals surface area contributed by atoms with Crippen LogP contribution in [-0.2, 0) is 0 Å². The molecule has 0 spiro atoms. The number of nitrogens with zero attached hydrogens (tertiary/aromatic N) is 1. The summed E-state index contributed by atoms with van der Waals surface area (Å²) in [6, 6.07) is 5.62. The average molecular weight is 287 g/mol. The van der Waals surface area contributed by atoms with Gasteiger partial charge in [-0.3, -0.25) is 9.93 Å². The first-order valence-electron chi connectivity index (χ1n) is 5.10. The molecule has 1 heterocycles. The normalized spacial score (nSPS) is 14.3. The lowest BCUT2D eigenvalue weighted by atomic mass is 10.1. The minimum atomic E-state index is 0.265. The molecule has 3 nitrogen and oxygen atoms in total. The van der Waals surface area contributed by atoms with E-state index in [0.717, 1.165) is 28.6 Å². The summed E-state index contributed by atoms with van der Waals surface area (Å²) in [5.41, 5.74) is 1.67. The van der Waals surface area contributed by atoms with Gasteiger partial charge in [-0.15, -0.1) is 24.2 Å². The summed E-state index contributed by atoms with van der Waals surface area (Å²) in [7, 11) is 0. The molecule has 3 rings (SSSR count). The van der Waals surface area contributed by atoms with E-state index in [1.807, 2.05) is 18.2 Å². The Morgan fingerprint density at radius 2 is 2.18 bits per heavy atom. The molecule has 2 aromatic rings. The molecular weight excluding hydrogens is 276 g/mol. The van der Waals surface area contributed by atoms with Crippen molar-refractivity contribution in [2.75, 3.05) is 0 Å². The first-order valence-corrected chi connectivity index (χ1v) is 6.81. The number of benzene rings is 1. The van der Waals surface area contributed by atoms with E-state index in [4.69, 9.17) is 11.6 Å². The fraction of sp³-hybridized carbons (Fsp3) is 0.273. The number of hydrogen-bond donors (Lipinski definition) is 2. The van der Waals surface area contributed by atoms with Crippen LogP contribution in [0, 0.1) is 5.92 Å². The predicted molar refractivity (Wildman–Crippen MR) is 74.9 cm³/mol. The van der Waals surface area contributed by atoms with Crippen molar-refractivity contribution in [2.45, 2.75) is 12.8 Å². The Labute approximate surface area is 114 Å². The highest BCUT2D eigenvalue weighted by Crippen LogP contribution is 2.34. The number of thiazole rings is 1. The van der Waals surface area contributed by atoms with Gasteiger partial charge in [0.15, 0.2) is 10.3 Å². The SMILES string of the molecule is NS.O=C(c1ccc2nc(Cl)sc2c1)C1CC1. The number of hydrogen-bond acceptors (Lipinski definition) is 5. The lowest BCUT2D eigenvalue weighted by Gasteiger charge is -1.97. The molecule has 1 saturated carbocycles. The monoisotopic (exact) mass is 286 g/mol. The zero-order valence-electron chi connectivity index (χ0n) is 8.89. The Hall–Kier alpha value is -0.620. The molecule has 0 bridgehead atoms. The largest absolute Gasteiger partial charge is 0.294 e. The number of nitrogens with two attached hydrogens (primary N) is 1. The molecule has 0 atom stereocenters. The van der Waals surface area contributed by atoms with Gasteiger partial charge < -0.3 is 0 Å². The Morgan fingerprint density at radius 3 is 2.82 bits per heavy atom. The number of halogens is 1. The van der Waals surface area contributed by atoms with Gasteiger partial charge >= 0.3 is 0 Å². The molecule has 1 aromatic carbocycles. The van der Waals surface area contributed by atoms with Crippen LogP contribution in [0.15, 0.2) is 18.2 Å². The van der Waals surface area contributed by atoms with Crippen molar-refractivity contribution in [3.05, 3.63) is 28.2 Å². The highest BCUT2D eigenvalue weighted by molar-refractivity contribution is 7.77. The zero-order valence-corrected chi connectivity index (χ0v) is 11.4. The first kappa shape index (κ1) is 12.8. The van der Waals surface area contributed by atoms with Gasteiger partial charge in [0, 0.05) is 11.5 Å². The van der Waals surface area contributed by atoms with Gasteiger partial charge in [0.1, 0.15) is 0 Å². The third kappa shape index (κ3) is 2.80. The molecule has 17 heavy (non-hydrogen) atoms. The summed E-state index contributed by atoms with van der Waals surface area (Å²) >= 11 is 10.3. The second kappa shape index (κ2) is 5.35. The molecule has 1 aliphatic rings. The first-order chi connectivity index (χ1) is 8.24. The quantitative estimate of drug-likeness (QED) is 0.658. The predicted octanol–water partition coefficient (Wildman–Crippen LogP) is 3.33. The van der Waals surface area contributed by atoms with Crippen molar-refractivity contribution >= 4 is 51.8 Å². The van der Waals surface area contributed by atoms with E-state index in [-0.39, 0.29) is 11.7 Å². The van der Waals surface area contributed by atoms with Crippen molar-refractivity contribution in [3.63, 3.8) is 0 Å². The van der Waals surface area contributed by atoms with Crippen molar-refractivity contribution in [1.29, 1.82) is 0 Å². The molecule has 6 heteroatoms. The Bertz CT molecular complexity index is 551. The molecule has 0 aliphatic heterocycles. The van der Waals surface area contributed by atoms with Crippen LogP contribution in [0.2, 0.25) is 4.47 Å². The van der Waals surface area contributed by atoms with Crippen LogP contribution in [0.5, 0.6) is 0 Å². The van der Waals surface area contributed by atoms with E-state index in [0.29, 0.717) is 4.47 Å². The number of Topliss-reactive ketones (excluding diaryl/α,β-unsaturated/α-hetero) is 1. The molecule has 1 fully saturated rings. The maximum atomic E-state index is 11.8. The molecule has 1 aromatic heterocycles. The number of carbonyl (C=O) groups is 1. The molecule has 0 radical (unpaired) electrons. The summed E-state index contributed by atoms with van der Waals surface area (Å²) in [5, 5.41) is 4.19. The van der Waals surface area contributed by atoms with Crippen molar-refractivity contribution < 1.29 is 4.79 Å². The number of fused-ring (bicyclic) bond motifs is 1. The van der Waals surface area contributed by atoms with E-state index in [1.165, 1.54) is 11.3 Å². The summed E-state index contributed by atoms with van der Waals surface area (Å²) in [4.78, 5) is 16.0. The molecule has 1 aliphatic carbocycles. The third-order valence-corrected chi connectivity index (χ3v) is 3.72. The van der Waals surface area contributed by atoms with Crippen LogP contribution in [0.25, 0.3) is 10.2 Å². The standard InChI is InChI=1S/C11H8ClNOS.H3NS/c12-11-13-8-4-3-7(5-9(8)15-11)10(14)6-1-2-6;1-2/h3-6H,1-2H2;2H,1H2. The van der Waals surface area contributed by atoms with Crippen LogP contribution in [-0.4, -0.2) is 10.8 Å². The number of thiol groups is 1. The van der Waals surface area contributed by atoms with Crippen LogP contribution < -0.4 is 5.14 Å². The smallest absolute Gasteiger partial charge is 0.184 e. The summed E-state index contributed by atoms with van der Waals surface area (Å²) in [6.07, 6.45) is 2.08. The number of rotatable bonds is 2. The minimum absolute atomic E-state index is 0.265. The van der Waals surface area contributed by atoms with Gasteiger partial charge in [-0.05, 0) is 31.0 Å². The van der Waals surface area contributed by atoms with E-state index < -0.39 is 0 Å². The zero-order chi connectivity index (χ0) is 12.4. The second-order valence-corrected chi connectivity index (χ2v) is 5.40. The fourth-order valence-electron chi connectivity index (χ4n) is 1.63. The van der Waals surface area contributed by atoms with Gasteiger partial charge in [-0.25, -0.2) is 4.98 Å².